The Bertz CT molecular complexity index is 1810. The zero-order chi connectivity index (χ0) is 31.0. The number of carbonyl (C=O) groups excluding carboxylic acids is 2. The van der Waals surface area contributed by atoms with Gasteiger partial charge in [0.25, 0.3) is 5.78 Å². The van der Waals surface area contributed by atoms with Crippen molar-refractivity contribution in [3.8, 4) is 23.0 Å². The number of aliphatic hydroxyl groups is 1. The van der Waals surface area contributed by atoms with E-state index in [9.17, 15) is 14.7 Å². The van der Waals surface area contributed by atoms with Crippen molar-refractivity contribution in [2.75, 3.05) is 24.7 Å². The quantitative estimate of drug-likeness (QED) is 0.0923. The van der Waals surface area contributed by atoms with Crippen molar-refractivity contribution in [1.29, 1.82) is 0 Å². The van der Waals surface area contributed by atoms with Gasteiger partial charge in [-0.3, -0.25) is 14.5 Å². The minimum atomic E-state index is -0.988. The van der Waals surface area contributed by atoms with Crippen molar-refractivity contribution in [3.05, 3.63) is 89.5 Å². The number of ether oxygens (including phenoxy) is 4. The van der Waals surface area contributed by atoms with Crippen molar-refractivity contribution >= 4 is 44.1 Å². The lowest BCUT2D eigenvalue weighted by molar-refractivity contribution is -0.132. The standard InChI is InChI=1S/C34H32N2O7S/c1-5-14-42-26-13-8-20(17-27(26)41-7-3)30-29(31(37)21-9-12-25-22(16-21)15-19(4)43-25)32(38)33(39)36(30)34-35-24-11-10-23(40-6-2)18-28(24)44-34/h5,8-13,16-19,30,37H,1,6-7,14-15H2,2-4H3/t19-,30+/m1/s1. The zero-order valence-electron chi connectivity index (χ0n) is 24.7. The number of thiazole rings is 1. The largest absolute Gasteiger partial charge is 0.507 e. The number of amides is 1. The van der Waals surface area contributed by atoms with Crippen molar-refractivity contribution in [3.63, 3.8) is 0 Å². The highest BCUT2D eigenvalue weighted by Gasteiger charge is 2.48. The summed E-state index contributed by atoms with van der Waals surface area (Å²) in [6, 6.07) is 15.0. The smallest absolute Gasteiger partial charge is 0.301 e. The Labute approximate surface area is 259 Å². The third-order valence-corrected chi connectivity index (χ3v) is 8.44. The molecule has 226 valence electrons. The maximum Gasteiger partial charge on any atom is 0.301 e. The fourth-order valence-corrected chi connectivity index (χ4v) is 6.57. The van der Waals surface area contributed by atoms with Crippen LogP contribution in [0.5, 0.6) is 23.0 Å². The number of fused-ring (bicyclic) bond motifs is 2. The van der Waals surface area contributed by atoms with Crippen LogP contribution in [0.3, 0.4) is 0 Å². The first kappa shape index (κ1) is 29.3. The Hall–Kier alpha value is -4.83. The van der Waals surface area contributed by atoms with Gasteiger partial charge in [0, 0.05) is 12.0 Å². The first-order valence-electron chi connectivity index (χ1n) is 14.5. The molecule has 3 heterocycles. The summed E-state index contributed by atoms with van der Waals surface area (Å²) in [7, 11) is 0. The van der Waals surface area contributed by atoms with Crippen LogP contribution in [0.25, 0.3) is 16.0 Å². The Morgan fingerprint density at radius 2 is 1.89 bits per heavy atom. The van der Waals surface area contributed by atoms with Gasteiger partial charge in [0.15, 0.2) is 16.6 Å². The summed E-state index contributed by atoms with van der Waals surface area (Å²) in [6.45, 7) is 10.6. The van der Waals surface area contributed by atoms with E-state index in [4.69, 9.17) is 23.9 Å². The second-order valence-corrected chi connectivity index (χ2v) is 11.4. The van der Waals surface area contributed by atoms with Crippen molar-refractivity contribution < 1.29 is 33.6 Å². The first-order chi connectivity index (χ1) is 21.3. The van der Waals surface area contributed by atoms with Gasteiger partial charge < -0.3 is 24.1 Å². The first-order valence-corrected chi connectivity index (χ1v) is 15.3. The molecular weight excluding hydrogens is 580 g/mol. The van der Waals surface area contributed by atoms with E-state index in [1.807, 2.05) is 45.0 Å². The number of Topliss-reactive ketones (excluding diaryl/α,β-unsaturated/α-hetero) is 1. The molecule has 0 aliphatic carbocycles. The minimum absolute atomic E-state index is 0.00839. The molecule has 0 radical (unpaired) electrons. The Kier molecular flexibility index (Phi) is 8.01. The summed E-state index contributed by atoms with van der Waals surface area (Å²) in [6.07, 6.45) is 2.31. The predicted molar refractivity (Wildman–Crippen MR) is 169 cm³/mol. The molecule has 9 nitrogen and oxygen atoms in total. The normalized spacial score (nSPS) is 18.8. The lowest BCUT2D eigenvalue weighted by atomic mass is 9.94. The Morgan fingerprint density at radius 3 is 2.66 bits per heavy atom. The van der Waals surface area contributed by atoms with Crippen LogP contribution in [0, 0.1) is 0 Å². The lowest BCUT2D eigenvalue weighted by Crippen LogP contribution is -2.29. The molecule has 1 amide bonds. The number of aromatic nitrogens is 1. The van der Waals surface area contributed by atoms with Gasteiger partial charge in [-0.05, 0) is 80.4 Å². The molecule has 2 aliphatic rings. The molecule has 2 atom stereocenters. The van der Waals surface area contributed by atoms with Gasteiger partial charge in [0.2, 0.25) is 0 Å². The molecule has 10 heteroatoms. The minimum Gasteiger partial charge on any atom is -0.507 e. The molecule has 1 fully saturated rings. The van der Waals surface area contributed by atoms with E-state index in [1.54, 1.807) is 36.4 Å². The van der Waals surface area contributed by atoms with E-state index in [2.05, 4.69) is 6.58 Å². The highest BCUT2D eigenvalue weighted by Crippen LogP contribution is 2.46. The number of rotatable bonds is 10. The molecule has 0 saturated carbocycles. The third kappa shape index (κ3) is 5.26. The second kappa shape index (κ2) is 12.0. The summed E-state index contributed by atoms with van der Waals surface area (Å²) in [5, 5.41) is 12.0. The number of hydrogen-bond acceptors (Lipinski definition) is 9. The van der Waals surface area contributed by atoms with Gasteiger partial charge >= 0.3 is 5.91 Å². The fraction of sp³-hybridized carbons (Fsp3) is 0.265. The summed E-state index contributed by atoms with van der Waals surface area (Å²) in [5.41, 5.74) is 2.51. The SMILES string of the molecule is C=CCOc1ccc([C@H]2C(=C(O)c3ccc4c(c3)C[C@@H](C)O4)C(=O)C(=O)N2c2nc3ccc(OCC)cc3s2)cc1OCC. The second-order valence-electron chi connectivity index (χ2n) is 10.4. The molecule has 3 aromatic carbocycles. The van der Waals surface area contributed by atoms with Crippen LogP contribution >= 0.6 is 11.3 Å². The number of carbonyl (C=O) groups is 2. The van der Waals surface area contributed by atoms with Crippen LogP contribution in [-0.4, -0.2) is 47.7 Å². The Morgan fingerprint density at radius 1 is 1.07 bits per heavy atom. The topological polar surface area (TPSA) is 107 Å². The van der Waals surface area contributed by atoms with Crippen LogP contribution < -0.4 is 23.8 Å². The highest BCUT2D eigenvalue weighted by molar-refractivity contribution is 7.22. The Balaban J connectivity index is 1.52. The number of ketones is 1. The monoisotopic (exact) mass is 612 g/mol. The molecule has 0 spiro atoms. The molecule has 1 aromatic heterocycles. The van der Waals surface area contributed by atoms with E-state index in [0.717, 1.165) is 16.0 Å². The number of hydrogen-bond donors (Lipinski definition) is 1. The van der Waals surface area contributed by atoms with E-state index >= 15 is 0 Å². The lowest BCUT2D eigenvalue weighted by Gasteiger charge is -2.24. The van der Waals surface area contributed by atoms with Crippen molar-refractivity contribution in [2.45, 2.75) is 39.3 Å². The number of anilines is 1. The van der Waals surface area contributed by atoms with Crippen molar-refractivity contribution in [1.82, 2.24) is 4.98 Å². The molecule has 2 aliphatic heterocycles. The summed E-state index contributed by atoms with van der Waals surface area (Å²) in [4.78, 5) is 33.7. The molecule has 1 N–H and O–H groups in total. The molecule has 6 rings (SSSR count). The van der Waals surface area contributed by atoms with Gasteiger partial charge in [-0.1, -0.05) is 30.1 Å². The zero-order valence-corrected chi connectivity index (χ0v) is 25.5. The van der Waals surface area contributed by atoms with Crippen LogP contribution in [0.1, 0.15) is 43.5 Å². The molecule has 44 heavy (non-hydrogen) atoms. The average molecular weight is 613 g/mol. The van der Waals surface area contributed by atoms with Gasteiger partial charge in [-0.15, -0.1) is 0 Å². The number of nitrogens with zero attached hydrogens (tertiary/aromatic N) is 2. The van der Waals surface area contributed by atoms with Crippen LogP contribution in [0.15, 0.2) is 72.8 Å². The van der Waals surface area contributed by atoms with Gasteiger partial charge in [0.05, 0.1) is 35.0 Å². The number of aliphatic hydroxyl groups excluding tert-OH is 1. The van der Waals surface area contributed by atoms with E-state index in [-0.39, 0.29) is 24.0 Å². The third-order valence-electron chi connectivity index (χ3n) is 7.42. The molecule has 4 aromatic rings. The van der Waals surface area contributed by atoms with Gasteiger partial charge in [-0.2, -0.15) is 0 Å². The maximum atomic E-state index is 13.8. The van der Waals surface area contributed by atoms with Crippen LogP contribution in [-0.2, 0) is 16.0 Å². The van der Waals surface area contributed by atoms with Crippen molar-refractivity contribution in [2.24, 2.45) is 0 Å². The average Bonchev–Trinajstić information content (AvgIpc) is 3.68. The number of benzene rings is 3. The van der Waals surface area contributed by atoms with Crippen LogP contribution in [0.2, 0.25) is 0 Å². The molecular formula is C34H32N2O7S. The summed E-state index contributed by atoms with van der Waals surface area (Å²) >= 11 is 1.27. The van der Waals surface area contributed by atoms with E-state index < -0.39 is 17.7 Å². The van der Waals surface area contributed by atoms with E-state index in [1.165, 1.54) is 16.2 Å². The maximum absolute atomic E-state index is 13.8. The molecule has 0 unspecified atom stereocenters. The predicted octanol–water partition coefficient (Wildman–Crippen LogP) is 6.61. The van der Waals surface area contributed by atoms with Gasteiger partial charge in [-0.25, -0.2) is 4.98 Å². The molecule has 0 bridgehead atoms. The molecule has 1 saturated heterocycles. The van der Waals surface area contributed by atoms with E-state index in [0.29, 0.717) is 58.7 Å². The summed E-state index contributed by atoms with van der Waals surface area (Å²) in [5.74, 6) is 0.474. The fourth-order valence-electron chi connectivity index (χ4n) is 5.55. The highest BCUT2D eigenvalue weighted by atomic mass is 32.1. The van der Waals surface area contributed by atoms with Crippen LogP contribution in [0.4, 0.5) is 5.13 Å². The summed E-state index contributed by atoms with van der Waals surface area (Å²) < 4.78 is 23.9. The van der Waals surface area contributed by atoms with Gasteiger partial charge in [0.1, 0.15) is 30.0 Å².